The molecule has 12 nitrogen and oxygen atoms in total. The van der Waals surface area contributed by atoms with Gasteiger partial charge < -0.3 is 9.11 Å². The molecule has 3 aromatic carbocycles. The molecule has 0 atom stereocenters. The Morgan fingerprint density at radius 3 is 1.37 bits per heavy atom. The van der Waals surface area contributed by atoms with E-state index in [9.17, 15) is 25.9 Å². The molecule has 0 radical (unpaired) electrons. The van der Waals surface area contributed by atoms with Gasteiger partial charge >= 0.3 is 0 Å². The summed E-state index contributed by atoms with van der Waals surface area (Å²) >= 11 is 0. The van der Waals surface area contributed by atoms with Gasteiger partial charge in [-0.05, 0) is 42.9 Å². The van der Waals surface area contributed by atoms with Gasteiger partial charge in [-0.15, -0.1) is 18.7 Å². The normalized spacial score (nSPS) is 12.0. The van der Waals surface area contributed by atoms with Crippen LogP contribution in [0.4, 0.5) is 0 Å². The van der Waals surface area contributed by atoms with Crippen LogP contribution in [0, 0.1) is 0 Å². The minimum atomic E-state index is -4.29. The van der Waals surface area contributed by atoms with Crippen LogP contribution in [0.1, 0.15) is 36.8 Å². The second kappa shape index (κ2) is 14.9. The van der Waals surface area contributed by atoms with Crippen molar-refractivity contribution in [1.82, 2.24) is 19.8 Å². The van der Waals surface area contributed by atoms with Crippen LogP contribution >= 0.6 is 0 Å². The number of unbranched alkanes of at least 4 members (excludes halogenated alkanes) is 2. The van der Waals surface area contributed by atoms with Gasteiger partial charge in [-0.25, -0.2) is 16.8 Å². The van der Waals surface area contributed by atoms with Crippen LogP contribution in [0.15, 0.2) is 97.3 Å². The summed E-state index contributed by atoms with van der Waals surface area (Å²) in [5.41, 5.74) is 5.57. The first-order valence-corrected chi connectivity index (χ1v) is 18.2. The highest BCUT2D eigenvalue weighted by molar-refractivity contribution is 7.85. The highest BCUT2D eigenvalue weighted by Gasteiger charge is 2.22. The molecule has 0 spiro atoms. The average Bonchev–Trinajstić information content (AvgIpc) is 3.61. The molecule has 0 unspecified atom stereocenters. The van der Waals surface area contributed by atoms with Crippen molar-refractivity contribution in [3.63, 3.8) is 0 Å². The van der Waals surface area contributed by atoms with Crippen molar-refractivity contribution in [2.45, 2.75) is 51.9 Å². The molecule has 5 aromatic rings. The number of aromatic nitrogens is 6. The Balaban J connectivity index is 1.45. The molecule has 0 saturated heterocycles. The first-order chi connectivity index (χ1) is 22.0. The van der Waals surface area contributed by atoms with Crippen LogP contribution in [0.25, 0.3) is 22.5 Å². The summed E-state index contributed by atoms with van der Waals surface area (Å²) in [7, 11) is -8.58. The predicted octanol–water partition coefficient (Wildman–Crippen LogP) is 2.74. The van der Waals surface area contributed by atoms with Crippen LogP contribution in [0.2, 0.25) is 0 Å². The Kier molecular flexibility index (Phi) is 10.7. The van der Waals surface area contributed by atoms with Gasteiger partial charge in [0, 0.05) is 22.6 Å². The van der Waals surface area contributed by atoms with E-state index in [2.05, 4.69) is 0 Å². The maximum Gasteiger partial charge on any atom is 0.197 e. The third-order valence-electron chi connectivity index (χ3n) is 7.40. The summed E-state index contributed by atoms with van der Waals surface area (Å²) in [6.45, 7) is 1.94. The zero-order valence-corrected chi connectivity index (χ0v) is 26.9. The lowest BCUT2D eigenvalue weighted by atomic mass is 10.1. The summed E-state index contributed by atoms with van der Waals surface area (Å²) < 4.78 is 74.2. The second-order valence-electron chi connectivity index (χ2n) is 11.1. The van der Waals surface area contributed by atoms with Crippen molar-refractivity contribution < 1.29 is 35.3 Å². The third kappa shape index (κ3) is 9.88. The Hall–Kier alpha value is -4.24. The highest BCUT2D eigenvalue weighted by atomic mass is 32.2. The van der Waals surface area contributed by atoms with Crippen LogP contribution < -0.4 is 9.36 Å². The van der Waals surface area contributed by atoms with E-state index in [1.165, 1.54) is 0 Å². The number of aryl methyl sites for hydroxylation is 2. The van der Waals surface area contributed by atoms with Crippen LogP contribution in [-0.4, -0.2) is 57.2 Å². The molecular formula is C32H36N6O6S2. The number of rotatable bonds is 16. The maximum absolute atomic E-state index is 11.1. The van der Waals surface area contributed by atoms with Crippen molar-refractivity contribution in [3.05, 3.63) is 108 Å². The van der Waals surface area contributed by atoms with Gasteiger partial charge in [0.05, 0.1) is 30.7 Å². The Morgan fingerprint density at radius 2 is 0.978 bits per heavy atom. The van der Waals surface area contributed by atoms with E-state index >= 15 is 0 Å². The lowest BCUT2D eigenvalue weighted by Crippen LogP contribution is -2.36. The van der Waals surface area contributed by atoms with Crippen LogP contribution in [0.3, 0.4) is 0 Å². The topological polar surface area (TPSA) is 158 Å². The van der Waals surface area contributed by atoms with Gasteiger partial charge in [-0.1, -0.05) is 78.9 Å². The first kappa shape index (κ1) is 33.1. The SMILES string of the molecule is O=S(=O)([O-])CCCCn1n[n+](Cc2ccccc2)cc1-c1cccc(-c2c[n+](Cc3ccccc3)nn2CCCCS(=O)(=O)[O-])c1. The molecule has 46 heavy (non-hydrogen) atoms. The summed E-state index contributed by atoms with van der Waals surface area (Å²) in [6.07, 6.45) is 5.30. The zero-order chi connectivity index (χ0) is 32.6. The summed E-state index contributed by atoms with van der Waals surface area (Å²) in [4.78, 5) is 0. The molecule has 0 N–H and O–H groups in total. The lowest BCUT2D eigenvalue weighted by molar-refractivity contribution is -0.747. The van der Waals surface area contributed by atoms with Crippen LogP contribution in [-0.2, 0) is 46.4 Å². The van der Waals surface area contributed by atoms with Gasteiger partial charge in [0.15, 0.2) is 23.8 Å². The van der Waals surface area contributed by atoms with Crippen molar-refractivity contribution in [3.8, 4) is 22.5 Å². The summed E-state index contributed by atoms with van der Waals surface area (Å²) in [5.74, 6) is -0.840. The van der Waals surface area contributed by atoms with Crippen molar-refractivity contribution in [2.75, 3.05) is 11.5 Å². The van der Waals surface area contributed by atoms with E-state index < -0.39 is 31.7 Å². The van der Waals surface area contributed by atoms with E-state index in [0.717, 1.165) is 33.6 Å². The second-order valence-corrected chi connectivity index (χ2v) is 14.2. The first-order valence-electron chi connectivity index (χ1n) is 15.0. The molecule has 0 saturated carbocycles. The molecule has 0 amide bonds. The summed E-state index contributed by atoms with van der Waals surface area (Å²) in [6, 6.07) is 27.8. The van der Waals surface area contributed by atoms with E-state index in [1.807, 2.05) is 116 Å². The maximum atomic E-state index is 11.1. The number of hydrogen-bond acceptors (Lipinski definition) is 8. The minimum absolute atomic E-state index is 0.234. The summed E-state index contributed by atoms with van der Waals surface area (Å²) in [5, 5.41) is 9.53. The van der Waals surface area contributed by atoms with Crippen LogP contribution in [0.5, 0.6) is 0 Å². The quantitative estimate of drug-likeness (QED) is 0.0885. The molecule has 0 aliphatic carbocycles. The Bertz CT molecular complexity index is 1820. The van der Waals surface area contributed by atoms with E-state index in [1.54, 1.807) is 0 Å². The minimum Gasteiger partial charge on any atom is -0.748 e. The van der Waals surface area contributed by atoms with E-state index in [-0.39, 0.29) is 12.8 Å². The standard InChI is InChI=1S/C32H36N6O6S2/c39-45(40,41)20-9-7-18-37-31(25-35(33-37)23-27-12-3-1-4-13-27)29-16-11-17-30(22-29)32-26-36(24-28-14-5-2-6-15-28)34-38(32)19-8-10-21-46(42,43)44/h1-6,11-17,22,25-26H,7-10,18-21,23-24H2. The Labute approximate surface area is 269 Å². The van der Waals surface area contributed by atoms with Gasteiger partial charge in [0.1, 0.15) is 26.2 Å². The molecule has 5 rings (SSSR count). The van der Waals surface area contributed by atoms with Crippen molar-refractivity contribution in [2.24, 2.45) is 0 Å². The molecular weight excluding hydrogens is 629 g/mol. The highest BCUT2D eigenvalue weighted by Crippen LogP contribution is 2.26. The lowest BCUT2D eigenvalue weighted by Gasteiger charge is -2.06. The molecule has 14 heteroatoms. The largest absolute Gasteiger partial charge is 0.748 e. The molecule has 0 aliphatic heterocycles. The van der Waals surface area contributed by atoms with Gasteiger partial charge in [-0.2, -0.15) is 0 Å². The fourth-order valence-electron chi connectivity index (χ4n) is 5.23. The number of hydrogen-bond donors (Lipinski definition) is 0. The zero-order valence-electron chi connectivity index (χ0n) is 25.3. The van der Waals surface area contributed by atoms with Gasteiger partial charge in [0.25, 0.3) is 0 Å². The van der Waals surface area contributed by atoms with Crippen molar-refractivity contribution >= 4 is 20.2 Å². The fourth-order valence-corrected chi connectivity index (χ4v) is 6.35. The molecule has 0 bridgehead atoms. The fraction of sp³-hybridized carbons (Fsp3) is 0.312. The van der Waals surface area contributed by atoms with Gasteiger partial charge in [-0.3, -0.25) is 0 Å². The van der Waals surface area contributed by atoms with E-state index in [4.69, 9.17) is 10.4 Å². The smallest absolute Gasteiger partial charge is 0.197 e. The van der Waals surface area contributed by atoms with Gasteiger partial charge in [0.2, 0.25) is 0 Å². The average molecular weight is 665 g/mol. The molecule has 0 aliphatic rings. The molecule has 0 fully saturated rings. The Morgan fingerprint density at radius 1 is 0.565 bits per heavy atom. The monoisotopic (exact) mass is 664 g/mol. The van der Waals surface area contributed by atoms with E-state index in [0.29, 0.717) is 39.0 Å². The number of benzene rings is 3. The van der Waals surface area contributed by atoms with Crippen molar-refractivity contribution in [1.29, 1.82) is 0 Å². The number of nitrogens with zero attached hydrogens (tertiary/aromatic N) is 6. The third-order valence-corrected chi connectivity index (χ3v) is 8.98. The molecule has 242 valence electrons. The predicted molar refractivity (Wildman–Crippen MR) is 168 cm³/mol. The molecule has 2 aromatic heterocycles. The molecule has 2 heterocycles.